The van der Waals surface area contributed by atoms with E-state index >= 15 is 0 Å². The number of carbonyl (C=O) groups excluding carboxylic acids is 1. The molecule has 102 valence electrons. The van der Waals surface area contributed by atoms with Crippen LogP contribution in [-0.2, 0) is 17.7 Å². The summed E-state index contributed by atoms with van der Waals surface area (Å²) in [4.78, 5) is 14.6. The summed E-state index contributed by atoms with van der Waals surface area (Å²) >= 11 is 7.40. The third-order valence-corrected chi connectivity index (χ3v) is 4.20. The van der Waals surface area contributed by atoms with Crippen LogP contribution in [0, 0.1) is 11.3 Å². The van der Waals surface area contributed by atoms with E-state index in [2.05, 4.69) is 6.07 Å². The Morgan fingerprint density at radius 1 is 1.53 bits per heavy atom. The molecule has 1 aliphatic rings. The van der Waals surface area contributed by atoms with Crippen molar-refractivity contribution >= 4 is 29.0 Å². The van der Waals surface area contributed by atoms with Crippen LogP contribution in [0.3, 0.4) is 0 Å². The molecule has 0 fully saturated rings. The Labute approximate surface area is 121 Å². The molecule has 0 N–H and O–H groups in total. The number of amides is 1. The lowest BCUT2D eigenvalue weighted by molar-refractivity contribution is 0.0226. The SMILES string of the molecule is CC(C)(C)OC(=O)N1CCc2c(sc(Cl)c2C#N)C1. The van der Waals surface area contributed by atoms with Gasteiger partial charge in [-0.2, -0.15) is 5.26 Å². The van der Waals surface area contributed by atoms with E-state index in [0.29, 0.717) is 29.4 Å². The molecule has 0 radical (unpaired) electrons. The van der Waals surface area contributed by atoms with E-state index in [1.54, 1.807) is 4.90 Å². The summed E-state index contributed by atoms with van der Waals surface area (Å²) in [6, 6.07) is 2.13. The second kappa shape index (κ2) is 5.03. The first-order valence-corrected chi connectivity index (χ1v) is 7.19. The topological polar surface area (TPSA) is 53.3 Å². The van der Waals surface area contributed by atoms with Gasteiger partial charge in [0, 0.05) is 11.4 Å². The molecule has 4 nitrogen and oxygen atoms in total. The number of fused-ring (bicyclic) bond motifs is 1. The van der Waals surface area contributed by atoms with Crippen molar-refractivity contribution in [3.05, 3.63) is 20.3 Å². The van der Waals surface area contributed by atoms with E-state index in [4.69, 9.17) is 21.6 Å². The predicted octanol–water partition coefficient (Wildman–Crippen LogP) is 3.57. The maximum absolute atomic E-state index is 12.0. The van der Waals surface area contributed by atoms with Gasteiger partial charge in [-0.15, -0.1) is 11.3 Å². The summed E-state index contributed by atoms with van der Waals surface area (Å²) < 4.78 is 5.86. The van der Waals surface area contributed by atoms with Crippen LogP contribution < -0.4 is 0 Å². The molecule has 1 amide bonds. The molecule has 1 aromatic rings. The number of hydrogen-bond acceptors (Lipinski definition) is 4. The zero-order valence-corrected chi connectivity index (χ0v) is 12.7. The van der Waals surface area contributed by atoms with Gasteiger partial charge in [0.1, 0.15) is 16.0 Å². The number of thiophene rings is 1. The minimum atomic E-state index is -0.498. The summed E-state index contributed by atoms with van der Waals surface area (Å²) in [5, 5.41) is 9.06. The van der Waals surface area contributed by atoms with Crippen molar-refractivity contribution in [2.75, 3.05) is 6.54 Å². The predicted molar refractivity (Wildman–Crippen MR) is 74.4 cm³/mol. The minimum Gasteiger partial charge on any atom is -0.444 e. The van der Waals surface area contributed by atoms with Crippen LogP contribution in [0.15, 0.2) is 0 Å². The van der Waals surface area contributed by atoms with E-state index in [1.807, 2.05) is 20.8 Å². The molecule has 0 saturated carbocycles. The number of ether oxygens (including phenoxy) is 1. The third kappa shape index (κ3) is 3.02. The number of carbonyl (C=O) groups is 1. The molecule has 1 aromatic heterocycles. The first-order valence-electron chi connectivity index (χ1n) is 6.00. The van der Waals surface area contributed by atoms with Gasteiger partial charge in [0.25, 0.3) is 0 Å². The van der Waals surface area contributed by atoms with Gasteiger partial charge in [-0.1, -0.05) is 11.6 Å². The van der Waals surface area contributed by atoms with Crippen LogP contribution in [0.25, 0.3) is 0 Å². The highest BCUT2D eigenvalue weighted by Gasteiger charge is 2.29. The highest BCUT2D eigenvalue weighted by Crippen LogP contribution is 2.36. The fourth-order valence-electron chi connectivity index (χ4n) is 1.96. The molecule has 0 unspecified atom stereocenters. The van der Waals surface area contributed by atoms with Crippen molar-refractivity contribution in [2.24, 2.45) is 0 Å². The molecule has 0 atom stereocenters. The van der Waals surface area contributed by atoms with E-state index in [9.17, 15) is 4.79 Å². The monoisotopic (exact) mass is 298 g/mol. The largest absolute Gasteiger partial charge is 0.444 e. The first kappa shape index (κ1) is 14.2. The minimum absolute atomic E-state index is 0.318. The van der Waals surface area contributed by atoms with Crippen molar-refractivity contribution in [3.8, 4) is 6.07 Å². The number of nitrogens with zero attached hydrogens (tertiary/aromatic N) is 2. The lowest BCUT2D eigenvalue weighted by atomic mass is 10.0. The van der Waals surface area contributed by atoms with E-state index < -0.39 is 5.60 Å². The van der Waals surface area contributed by atoms with Gasteiger partial charge in [-0.05, 0) is 32.8 Å². The number of nitriles is 1. The molecular formula is C13H15ClN2O2S. The third-order valence-electron chi connectivity index (χ3n) is 2.78. The van der Waals surface area contributed by atoms with Crippen LogP contribution >= 0.6 is 22.9 Å². The number of rotatable bonds is 0. The fraction of sp³-hybridized carbons (Fsp3) is 0.538. The van der Waals surface area contributed by atoms with Crippen LogP contribution in [0.4, 0.5) is 4.79 Å². The van der Waals surface area contributed by atoms with Crippen molar-refractivity contribution in [1.82, 2.24) is 4.90 Å². The maximum atomic E-state index is 12.0. The highest BCUT2D eigenvalue weighted by atomic mass is 35.5. The molecule has 19 heavy (non-hydrogen) atoms. The molecule has 0 aromatic carbocycles. The van der Waals surface area contributed by atoms with Gasteiger partial charge in [0.2, 0.25) is 0 Å². The highest BCUT2D eigenvalue weighted by molar-refractivity contribution is 7.16. The molecule has 0 bridgehead atoms. The van der Waals surface area contributed by atoms with Crippen LogP contribution in [0.1, 0.15) is 36.8 Å². The Bertz CT molecular complexity index is 554. The fourth-order valence-corrected chi connectivity index (χ4v) is 3.43. The zero-order valence-electron chi connectivity index (χ0n) is 11.1. The molecule has 0 saturated heterocycles. The summed E-state index contributed by atoms with van der Waals surface area (Å²) in [5.41, 5.74) is 1.05. The summed E-state index contributed by atoms with van der Waals surface area (Å²) in [6.45, 7) is 6.56. The standard InChI is InChI=1S/C13H15ClN2O2S/c1-13(2,3)18-12(17)16-5-4-8-9(6-15)11(14)19-10(8)7-16/h4-5,7H2,1-3H3. The quantitative estimate of drug-likeness (QED) is 0.736. The van der Waals surface area contributed by atoms with Crippen molar-refractivity contribution in [2.45, 2.75) is 39.3 Å². The second-order valence-corrected chi connectivity index (χ2v) is 7.12. The normalized spacial score (nSPS) is 14.8. The molecule has 2 rings (SSSR count). The van der Waals surface area contributed by atoms with Gasteiger partial charge in [0.15, 0.2) is 0 Å². The second-order valence-electron chi connectivity index (χ2n) is 5.42. The van der Waals surface area contributed by atoms with Crippen molar-refractivity contribution in [1.29, 1.82) is 5.26 Å². The van der Waals surface area contributed by atoms with E-state index in [1.165, 1.54) is 11.3 Å². The molecule has 0 spiro atoms. The lowest BCUT2D eigenvalue weighted by Crippen LogP contribution is -2.39. The summed E-state index contributed by atoms with van der Waals surface area (Å²) in [6.07, 6.45) is 0.335. The molecule has 6 heteroatoms. The van der Waals surface area contributed by atoms with Crippen LogP contribution in [-0.4, -0.2) is 23.1 Å². The average Bonchev–Trinajstić information content (AvgIpc) is 2.60. The average molecular weight is 299 g/mol. The smallest absolute Gasteiger partial charge is 0.410 e. The van der Waals surface area contributed by atoms with Gasteiger partial charge < -0.3 is 9.64 Å². The molecule has 2 heterocycles. The van der Waals surface area contributed by atoms with E-state index in [0.717, 1.165) is 10.4 Å². The Balaban J connectivity index is 2.15. The van der Waals surface area contributed by atoms with Gasteiger partial charge in [0.05, 0.1) is 12.1 Å². The Hall–Kier alpha value is -1.25. The van der Waals surface area contributed by atoms with Crippen molar-refractivity contribution in [3.63, 3.8) is 0 Å². The Kier molecular flexibility index (Phi) is 3.75. The summed E-state index contributed by atoms with van der Waals surface area (Å²) in [7, 11) is 0. The molecule has 0 aliphatic carbocycles. The maximum Gasteiger partial charge on any atom is 0.410 e. The molecule has 1 aliphatic heterocycles. The number of halogens is 1. The van der Waals surface area contributed by atoms with Gasteiger partial charge >= 0.3 is 6.09 Å². The lowest BCUT2D eigenvalue weighted by Gasteiger charge is -2.29. The van der Waals surface area contributed by atoms with Crippen LogP contribution in [0.5, 0.6) is 0 Å². The van der Waals surface area contributed by atoms with Crippen molar-refractivity contribution < 1.29 is 9.53 Å². The zero-order chi connectivity index (χ0) is 14.2. The summed E-state index contributed by atoms with van der Waals surface area (Å²) in [5.74, 6) is 0. The van der Waals surface area contributed by atoms with Crippen LogP contribution in [0.2, 0.25) is 4.34 Å². The first-order chi connectivity index (χ1) is 8.81. The number of hydrogen-bond donors (Lipinski definition) is 0. The van der Waals surface area contributed by atoms with E-state index in [-0.39, 0.29) is 6.09 Å². The van der Waals surface area contributed by atoms with Gasteiger partial charge in [-0.25, -0.2) is 4.79 Å². The Morgan fingerprint density at radius 2 is 2.21 bits per heavy atom. The molecular weight excluding hydrogens is 284 g/mol. The van der Waals surface area contributed by atoms with Gasteiger partial charge in [-0.3, -0.25) is 0 Å². The Morgan fingerprint density at radius 3 is 2.79 bits per heavy atom.